The third-order valence-corrected chi connectivity index (χ3v) is 8.19. The van der Waals surface area contributed by atoms with Crippen LogP contribution in [0, 0.1) is 17.2 Å². The first-order valence-corrected chi connectivity index (χ1v) is 13.2. The Labute approximate surface area is 210 Å². The molecule has 188 valence electrons. The lowest BCUT2D eigenvalue weighted by molar-refractivity contribution is -0.119. The van der Waals surface area contributed by atoms with Gasteiger partial charge in [-0.2, -0.15) is 5.26 Å². The topological polar surface area (TPSA) is 105 Å². The second-order valence-corrected chi connectivity index (χ2v) is 11.8. The van der Waals surface area contributed by atoms with Gasteiger partial charge in [-0.3, -0.25) is 4.79 Å². The molecule has 2 atom stereocenters. The monoisotopic (exact) mass is 498 g/mol. The van der Waals surface area contributed by atoms with E-state index in [4.69, 9.17) is 9.47 Å². The van der Waals surface area contributed by atoms with E-state index in [0.717, 1.165) is 48.7 Å². The number of hydrogen-bond acceptors (Lipinski definition) is 8. The molecule has 1 amide bonds. The summed E-state index contributed by atoms with van der Waals surface area (Å²) in [5.41, 5.74) is 0.654. The molecule has 1 fully saturated rings. The lowest BCUT2D eigenvalue weighted by atomic mass is 9.88. The van der Waals surface area contributed by atoms with E-state index in [1.165, 1.54) is 17.4 Å². The molecular formula is C26H34N4O4S. The number of nitrogens with zero attached hydrogens (tertiary/aromatic N) is 4. The van der Waals surface area contributed by atoms with Crippen molar-refractivity contribution >= 4 is 33.4 Å². The smallest absolute Gasteiger partial charge is 0.410 e. The van der Waals surface area contributed by atoms with Gasteiger partial charge in [0.1, 0.15) is 34.6 Å². The van der Waals surface area contributed by atoms with E-state index < -0.39 is 11.5 Å². The third-order valence-electron chi connectivity index (χ3n) is 7.01. The van der Waals surface area contributed by atoms with Crippen molar-refractivity contribution < 1.29 is 19.1 Å². The number of hydrogen-bond donors (Lipinski definition) is 0. The van der Waals surface area contributed by atoms with Crippen LogP contribution in [0.4, 0.5) is 4.79 Å². The van der Waals surface area contributed by atoms with Gasteiger partial charge in [0.15, 0.2) is 0 Å². The van der Waals surface area contributed by atoms with Crippen LogP contribution in [0.15, 0.2) is 6.33 Å². The molecule has 4 rings (SSSR count). The van der Waals surface area contributed by atoms with E-state index in [9.17, 15) is 14.9 Å². The first kappa shape index (κ1) is 25.4. The zero-order valence-electron chi connectivity index (χ0n) is 21.2. The van der Waals surface area contributed by atoms with E-state index in [1.54, 1.807) is 29.6 Å². The summed E-state index contributed by atoms with van der Waals surface area (Å²) < 4.78 is 12.0. The molecule has 2 aliphatic rings. The fourth-order valence-electron chi connectivity index (χ4n) is 5.15. The molecule has 0 aliphatic heterocycles. The van der Waals surface area contributed by atoms with E-state index in [-0.39, 0.29) is 29.9 Å². The molecular weight excluding hydrogens is 464 g/mol. The van der Waals surface area contributed by atoms with Gasteiger partial charge in [0.05, 0.1) is 11.5 Å². The summed E-state index contributed by atoms with van der Waals surface area (Å²) in [6, 6.07) is 2.29. The maximum Gasteiger partial charge on any atom is 0.410 e. The molecule has 0 N–H and O–H groups in total. The van der Waals surface area contributed by atoms with Gasteiger partial charge < -0.3 is 14.4 Å². The van der Waals surface area contributed by atoms with Crippen molar-refractivity contribution in [2.24, 2.45) is 5.92 Å². The molecule has 1 unspecified atom stereocenters. The Morgan fingerprint density at radius 1 is 1.23 bits per heavy atom. The van der Waals surface area contributed by atoms with Gasteiger partial charge >= 0.3 is 6.09 Å². The Morgan fingerprint density at radius 3 is 2.57 bits per heavy atom. The summed E-state index contributed by atoms with van der Waals surface area (Å²) >= 11 is 1.66. The van der Waals surface area contributed by atoms with Crippen molar-refractivity contribution in [3.05, 3.63) is 16.8 Å². The minimum absolute atomic E-state index is 0.0101. The predicted molar refractivity (Wildman–Crippen MR) is 134 cm³/mol. The average molecular weight is 499 g/mol. The molecule has 0 bridgehead atoms. The molecule has 2 aliphatic carbocycles. The minimum atomic E-state index is -0.591. The van der Waals surface area contributed by atoms with Crippen LogP contribution in [-0.4, -0.2) is 51.5 Å². The number of amides is 1. The van der Waals surface area contributed by atoms with Crippen LogP contribution < -0.4 is 4.74 Å². The van der Waals surface area contributed by atoms with Crippen LogP contribution in [0.5, 0.6) is 5.88 Å². The lowest BCUT2D eigenvalue weighted by Gasteiger charge is -2.35. The van der Waals surface area contributed by atoms with E-state index in [2.05, 4.69) is 16.0 Å². The molecule has 2 aromatic rings. The first-order chi connectivity index (χ1) is 16.6. The summed E-state index contributed by atoms with van der Waals surface area (Å²) in [5, 5.41) is 10.4. The number of carbonyl (C=O) groups is 2. The molecule has 2 aromatic heterocycles. The Balaban J connectivity index is 1.46. The molecule has 2 heterocycles. The fourth-order valence-corrected chi connectivity index (χ4v) is 6.38. The van der Waals surface area contributed by atoms with Crippen LogP contribution in [-0.2, 0) is 16.0 Å². The third kappa shape index (κ3) is 5.58. The van der Waals surface area contributed by atoms with E-state index >= 15 is 0 Å². The Hall–Kier alpha value is -2.73. The van der Waals surface area contributed by atoms with Gasteiger partial charge in [-0.1, -0.05) is 0 Å². The van der Waals surface area contributed by atoms with Gasteiger partial charge in [0.2, 0.25) is 5.88 Å². The summed E-state index contributed by atoms with van der Waals surface area (Å²) in [7, 11) is 1.80. The molecule has 1 saturated carbocycles. The number of ether oxygens (including phenoxy) is 2. The highest BCUT2D eigenvalue weighted by molar-refractivity contribution is 7.19. The number of carbonyl (C=O) groups excluding carboxylic acids is 2. The Morgan fingerprint density at radius 2 is 1.94 bits per heavy atom. The van der Waals surface area contributed by atoms with Crippen LogP contribution in [0.1, 0.15) is 82.6 Å². The summed E-state index contributed by atoms with van der Waals surface area (Å²) in [6.45, 7) is 7.11. The zero-order chi connectivity index (χ0) is 25.3. The van der Waals surface area contributed by atoms with E-state index in [1.807, 2.05) is 20.8 Å². The number of aryl methyl sites for hydroxylation is 1. The normalized spacial score (nSPS) is 22.8. The standard InChI is InChI=1S/C26H34N4O4S/c1-15(31)17(13-27)12-16-6-11-20-21(16)22-23(28-14-29-24(22)35-20)33-19-9-7-18(8-10-19)30(5)25(32)34-26(2,3)4/h14,16-19H,6-12H2,1-5H3/t16-,17?,18?,19?/m1/s1. The first-order valence-electron chi connectivity index (χ1n) is 12.4. The number of ketones is 1. The van der Waals surface area contributed by atoms with Crippen molar-refractivity contribution in [1.82, 2.24) is 14.9 Å². The molecule has 0 saturated heterocycles. The van der Waals surface area contributed by atoms with Crippen LogP contribution in [0.2, 0.25) is 0 Å². The highest BCUT2D eigenvalue weighted by Gasteiger charge is 2.34. The largest absolute Gasteiger partial charge is 0.474 e. The highest BCUT2D eigenvalue weighted by Crippen LogP contribution is 2.48. The number of fused-ring (bicyclic) bond motifs is 3. The molecule has 35 heavy (non-hydrogen) atoms. The predicted octanol–water partition coefficient (Wildman–Crippen LogP) is 5.40. The van der Waals surface area contributed by atoms with Crippen molar-refractivity contribution in [1.29, 1.82) is 5.26 Å². The number of rotatable bonds is 6. The number of nitriles is 1. The SMILES string of the molecule is CC(=O)C(C#N)C[C@H]1CCc2sc3ncnc(OC4CCC(N(C)C(=O)OC(C)(C)C)CC4)c3c21. The van der Waals surface area contributed by atoms with Gasteiger partial charge in [0, 0.05) is 18.0 Å². The molecule has 0 spiro atoms. The van der Waals surface area contributed by atoms with Crippen molar-refractivity contribution in [3.63, 3.8) is 0 Å². The van der Waals surface area contributed by atoms with Gasteiger partial charge in [0.25, 0.3) is 0 Å². The minimum Gasteiger partial charge on any atom is -0.474 e. The second-order valence-electron chi connectivity index (χ2n) is 10.7. The van der Waals surface area contributed by atoms with Crippen LogP contribution in [0.3, 0.4) is 0 Å². The van der Waals surface area contributed by atoms with Crippen molar-refractivity contribution in [3.8, 4) is 11.9 Å². The number of thiophene rings is 1. The lowest BCUT2D eigenvalue weighted by Crippen LogP contribution is -2.43. The van der Waals surface area contributed by atoms with Crippen molar-refractivity contribution in [2.45, 2.75) is 96.3 Å². The quantitative estimate of drug-likeness (QED) is 0.525. The Bertz CT molecular complexity index is 1140. The maximum absolute atomic E-state index is 12.4. The molecule has 0 aromatic carbocycles. The number of Topliss-reactive ketones (excluding diaryl/α,β-unsaturated/α-hetero) is 1. The molecule has 0 radical (unpaired) electrons. The Kier molecular flexibility index (Phi) is 7.32. The molecule has 9 heteroatoms. The summed E-state index contributed by atoms with van der Waals surface area (Å²) in [5.74, 6) is 0.0620. The fraction of sp³-hybridized carbons (Fsp3) is 0.654. The molecule has 8 nitrogen and oxygen atoms in total. The summed E-state index contributed by atoms with van der Waals surface area (Å²) in [6.07, 6.45) is 6.96. The van der Waals surface area contributed by atoms with Crippen LogP contribution in [0.25, 0.3) is 10.2 Å². The number of aromatic nitrogens is 2. The van der Waals surface area contributed by atoms with Gasteiger partial charge in [-0.15, -0.1) is 11.3 Å². The van der Waals surface area contributed by atoms with Crippen molar-refractivity contribution in [2.75, 3.05) is 7.05 Å². The van der Waals surface area contributed by atoms with Gasteiger partial charge in [-0.25, -0.2) is 14.8 Å². The summed E-state index contributed by atoms with van der Waals surface area (Å²) in [4.78, 5) is 37.2. The van der Waals surface area contributed by atoms with E-state index in [0.29, 0.717) is 12.3 Å². The zero-order valence-corrected chi connectivity index (χ0v) is 22.0. The highest BCUT2D eigenvalue weighted by atomic mass is 32.1. The average Bonchev–Trinajstić information content (AvgIpc) is 3.35. The maximum atomic E-state index is 12.4. The second kappa shape index (κ2) is 10.1. The van der Waals surface area contributed by atoms with Crippen LogP contribution >= 0.6 is 11.3 Å². The van der Waals surface area contributed by atoms with Gasteiger partial charge in [-0.05, 0) is 84.1 Å².